The fourth-order valence-corrected chi connectivity index (χ4v) is 1.45. The van der Waals surface area contributed by atoms with Gasteiger partial charge in [-0.25, -0.2) is 0 Å². The van der Waals surface area contributed by atoms with Crippen molar-refractivity contribution in [3.05, 3.63) is 29.3 Å². The SMILES string of the molecule is CCNC(=O)CNC(=O)CCOc1ccc(Cl)cc1. The molecule has 6 heteroatoms. The lowest BCUT2D eigenvalue weighted by Crippen LogP contribution is -2.37. The molecule has 1 aromatic carbocycles. The topological polar surface area (TPSA) is 67.4 Å². The highest BCUT2D eigenvalue weighted by Gasteiger charge is 2.04. The third-order valence-electron chi connectivity index (χ3n) is 2.23. The first kappa shape index (κ1) is 15.3. The Balaban J connectivity index is 2.16. The van der Waals surface area contributed by atoms with Crippen molar-refractivity contribution in [2.24, 2.45) is 0 Å². The van der Waals surface area contributed by atoms with Crippen molar-refractivity contribution in [1.82, 2.24) is 10.6 Å². The van der Waals surface area contributed by atoms with Crippen LogP contribution in [0.25, 0.3) is 0 Å². The molecule has 0 heterocycles. The molecule has 0 radical (unpaired) electrons. The molecule has 0 unspecified atom stereocenters. The fraction of sp³-hybridized carbons (Fsp3) is 0.385. The van der Waals surface area contributed by atoms with E-state index in [-0.39, 0.29) is 31.4 Å². The number of likely N-dealkylation sites (N-methyl/N-ethyl adjacent to an activating group) is 1. The zero-order valence-electron chi connectivity index (χ0n) is 10.7. The van der Waals surface area contributed by atoms with Crippen molar-refractivity contribution in [3.8, 4) is 5.75 Å². The van der Waals surface area contributed by atoms with E-state index >= 15 is 0 Å². The first-order chi connectivity index (χ1) is 9.11. The molecule has 0 spiro atoms. The lowest BCUT2D eigenvalue weighted by molar-refractivity contribution is -0.126. The number of hydrogen-bond donors (Lipinski definition) is 2. The van der Waals surface area contributed by atoms with E-state index in [4.69, 9.17) is 16.3 Å². The molecule has 104 valence electrons. The predicted octanol–water partition coefficient (Wildman–Crippen LogP) is 1.36. The number of carbonyl (C=O) groups excluding carboxylic acids is 2. The Bertz CT molecular complexity index is 420. The van der Waals surface area contributed by atoms with Crippen LogP contribution in [-0.2, 0) is 9.59 Å². The molecule has 2 amide bonds. The lowest BCUT2D eigenvalue weighted by Gasteiger charge is -2.07. The van der Waals surface area contributed by atoms with E-state index < -0.39 is 0 Å². The zero-order valence-corrected chi connectivity index (χ0v) is 11.5. The Morgan fingerprint density at radius 1 is 1.16 bits per heavy atom. The Labute approximate surface area is 117 Å². The van der Waals surface area contributed by atoms with E-state index in [1.165, 1.54) is 0 Å². The monoisotopic (exact) mass is 284 g/mol. The van der Waals surface area contributed by atoms with Crippen LogP contribution in [0, 0.1) is 0 Å². The number of carbonyl (C=O) groups is 2. The highest BCUT2D eigenvalue weighted by Crippen LogP contribution is 2.15. The minimum Gasteiger partial charge on any atom is -0.493 e. The molecule has 0 fully saturated rings. The maximum atomic E-state index is 11.4. The average Bonchev–Trinajstić information content (AvgIpc) is 2.39. The van der Waals surface area contributed by atoms with Crippen molar-refractivity contribution >= 4 is 23.4 Å². The second kappa shape index (κ2) is 8.37. The van der Waals surface area contributed by atoms with Gasteiger partial charge in [-0.3, -0.25) is 9.59 Å². The molecule has 5 nitrogen and oxygen atoms in total. The van der Waals surface area contributed by atoms with Crippen LogP contribution in [0.4, 0.5) is 0 Å². The van der Waals surface area contributed by atoms with Gasteiger partial charge in [-0.1, -0.05) is 11.6 Å². The number of benzene rings is 1. The summed E-state index contributed by atoms with van der Waals surface area (Å²) in [4.78, 5) is 22.5. The van der Waals surface area contributed by atoms with E-state index in [0.717, 1.165) is 0 Å². The van der Waals surface area contributed by atoms with Gasteiger partial charge in [-0.2, -0.15) is 0 Å². The van der Waals surface area contributed by atoms with Crippen molar-refractivity contribution in [2.45, 2.75) is 13.3 Å². The first-order valence-electron chi connectivity index (χ1n) is 6.03. The number of hydrogen-bond acceptors (Lipinski definition) is 3. The Hall–Kier alpha value is -1.75. The largest absolute Gasteiger partial charge is 0.493 e. The number of rotatable bonds is 7. The summed E-state index contributed by atoms with van der Waals surface area (Å²) in [6.45, 7) is 2.62. The lowest BCUT2D eigenvalue weighted by atomic mass is 10.3. The second-order valence-corrected chi connectivity index (χ2v) is 4.22. The number of amides is 2. The van der Waals surface area contributed by atoms with Gasteiger partial charge in [-0.05, 0) is 31.2 Å². The number of halogens is 1. The summed E-state index contributed by atoms with van der Waals surface area (Å²) in [7, 11) is 0. The molecule has 0 saturated heterocycles. The summed E-state index contributed by atoms with van der Waals surface area (Å²) in [6.07, 6.45) is 0.196. The van der Waals surface area contributed by atoms with Crippen LogP contribution in [0.15, 0.2) is 24.3 Å². The standard InChI is InChI=1S/C13H17ClN2O3/c1-2-15-13(18)9-16-12(17)7-8-19-11-5-3-10(14)4-6-11/h3-6H,2,7-9H2,1H3,(H,15,18)(H,16,17). The van der Waals surface area contributed by atoms with E-state index in [9.17, 15) is 9.59 Å². The van der Waals surface area contributed by atoms with Crippen LogP contribution in [0.5, 0.6) is 5.75 Å². The maximum absolute atomic E-state index is 11.4. The summed E-state index contributed by atoms with van der Waals surface area (Å²) < 4.78 is 5.37. The highest BCUT2D eigenvalue weighted by molar-refractivity contribution is 6.30. The van der Waals surface area contributed by atoms with Crippen LogP contribution in [-0.4, -0.2) is 31.5 Å². The predicted molar refractivity (Wildman–Crippen MR) is 73.3 cm³/mol. The average molecular weight is 285 g/mol. The maximum Gasteiger partial charge on any atom is 0.239 e. The van der Waals surface area contributed by atoms with E-state index in [1.807, 2.05) is 6.92 Å². The van der Waals surface area contributed by atoms with Gasteiger partial charge in [0, 0.05) is 11.6 Å². The van der Waals surface area contributed by atoms with Gasteiger partial charge in [0.15, 0.2) is 0 Å². The van der Waals surface area contributed by atoms with Crippen LogP contribution < -0.4 is 15.4 Å². The van der Waals surface area contributed by atoms with Crippen molar-refractivity contribution in [1.29, 1.82) is 0 Å². The van der Waals surface area contributed by atoms with E-state index in [0.29, 0.717) is 17.3 Å². The third-order valence-corrected chi connectivity index (χ3v) is 2.48. The summed E-state index contributed by atoms with van der Waals surface area (Å²) in [5.41, 5.74) is 0. The molecular weight excluding hydrogens is 268 g/mol. The van der Waals surface area contributed by atoms with E-state index in [1.54, 1.807) is 24.3 Å². The quantitative estimate of drug-likeness (QED) is 0.794. The molecule has 0 aliphatic rings. The summed E-state index contributed by atoms with van der Waals surface area (Å²) >= 11 is 5.74. The summed E-state index contributed by atoms with van der Waals surface area (Å²) in [6, 6.07) is 6.89. The molecule has 1 aromatic rings. The van der Waals surface area contributed by atoms with Gasteiger partial charge in [0.25, 0.3) is 0 Å². The molecule has 0 saturated carbocycles. The third kappa shape index (κ3) is 6.67. The molecule has 0 aliphatic heterocycles. The van der Waals surface area contributed by atoms with Gasteiger partial charge in [0.1, 0.15) is 5.75 Å². The normalized spacial score (nSPS) is 9.79. The van der Waals surface area contributed by atoms with Crippen LogP contribution in [0.2, 0.25) is 5.02 Å². The van der Waals surface area contributed by atoms with Gasteiger partial charge < -0.3 is 15.4 Å². The molecule has 2 N–H and O–H groups in total. The first-order valence-corrected chi connectivity index (χ1v) is 6.41. The molecular formula is C13H17ClN2O3. The van der Waals surface area contributed by atoms with Gasteiger partial charge in [-0.15, -0.1) is 0 Å². The minimum atomic E-state index is -0.222. The number of nitrogens with one attached hydrogen (secondary N) is 2. The number of ether oxygens (including phenoxy) is 1. The van der Waals surface area contributed by atoms with Crippen LogP contribution in [0.1, 0.15) is 13.3 Å². The Morgan fingerprint density at radius 2 is 1.84 bits per heavy atom. The Morgan fingerprint density at radius 3 is 2.47 bits per heavy atom. The molecule has 0 atom stereocenters. The van der Waals surface area contributed by atoms with Gasteiger partial charge in [0.2, 0.25) is 11.8 Å². The molecule has 0 aromatic heterocycles. The smallest absolute Gasteiger partial charge is 0.239 e. The second-order valence-electron chi connectivity index (χ2n) is 3.78. The van der Waals surface area contributed by atoms with Crippen molar-refractivity contribution in [2.75, 3.05) is 19.7 Å². The molecule has 0 aliphatic carbocycles. The summed E-state index contributed by atoms with van der Waals surface area (Å²) in [5.74, 6) is 0.232. The molecule has 1 rings (SSSR count). The zero-order chi connectivity index (χ0) is 14.1. The Kier molecular flexibility index (Phi) is 6.74. The van der Waals surface area contributed by atoms with E-state index in [2.05, 4.69) is 10.6 Å². The molecule has 19 heavy (non-hydrogen) atoms. The van der Waals surface area contributed by atoms with Crippen LogP contribution in [0.3, 0.4) is 0 Å². The van der Waals surface area contributed by atoms with Crippen molar-refractivity contribution in [3.63, 3.8) is 0 Å². The highest BCUT2D eigenvalue weighted by atomic mass is 35.5. The van der Waals surface area contributed by atoms with Gasteiger partial charge in [0.05, 0.1) is 19.6 Å². The fourth-order valence-electron chi connectivity index (χ4n) is 1.32. The van der Waals surface area contributed by atoms with Crippen LogP contribution >= 0.6 is 11.6 Å². The molecule has 0 bridgehead atoms. The minimum absolute atomic E-state index is 0.00633. The van der Waals surface area contributed by atoms with Gasteiger partial charge >= 0.3 is 0 Å². The summed E-state index contributed by atoms with van der Waals surface area (Å²) in [5, 5.41) is 5.73. The van der Waals surface area contributed by atoms with Crippen molar-refractivity contribution < 1.29 is 14.3 Å².